The van der Waals surface area contributed by atoms with Gasteiger partial charge in [0.05, 0.1) is 0 Å². The number of Topliss-reactive ketones (excluding diaryl/α,β-unsaturated/α-hetero) is 2. The van der Waals surface area contributed by atoms with Gasteiger partial charge in [-0.15, -0.1) is 0 Å². The van der Waals surface area contributed by atoms with Gasteiger partial charge >= 0.3 is 0 Å². The van der Waals surface area contributed by atoms with Gasteiger partial charge < -0.3 is 0 Å². The van der Waals surface area contributed by atoms with Crippen LogP contribution in [-0.4, -0.2) is 20.0 Å². The molecule has 2 aliphatic carbocycles. The van der Waals surface area contributed by atoms with E-state index >= 15 is 0 Å². The normalized spacial score (nSPS) is 20.2. The zero-order valence-electron chi connectivity index (χ0n) is 8.92. The summed E-state index contributed by atoms with van der Waals surface area (Å²) in [5, 5.41) is 0. The highest BCUT2D eigenvalue weighted by Gasteiger charge is 2.32. The van der Waals surface area contributed by atoms with Gasteiger partial charge in [0.2, 0.25) is 9.84 Å². The van der Waals surface area contributed by atoms with Crippen molar-refractivity contribution in [3.63, 3.8) is 0 Å². The number of sulfone groups is 1. The molecule has 0 bridgehead atoms. The van der Waals surface area contributed by atoms with E-state index in [0.717, 1.165) is 0 Å². The summed E-state index contributed by atoms with van der Waals surface area (Å²) in [4.78, 5) is 22.5. The Morgan fingerprint density at radius 1 is 0.824 bits per heavy atom. The lowest BCUT2D eigenvalue weighted by Gasteiger charge is -2.12. The molecule has 0 aromatic rings. The van der Waals surface area contributed by atoms with Gasteiger partial charge in [-0.05, 0) is 12.2 Å². The van der Waals surface area contributed by atoms with Crippen molar-refractivity contribution in [1.82, 2.24) is 0 Å². The van der Waals surface area contributed by atoms with Crippen molar-refractivity contribution in [1.29, 1.82) is 0 Å². The number of carbonyl (C=O) groups is 2. The van der Waals surface area contributed by atoms with Gasteiger partial charge in [-0.25, -0.2) is 8.42 Å². The Balaban J connectivity index is 2.50. The third-order valence-electron chi connectivity index (χ3n) is 2.50. The molecule has 0 radical (unpaired) electrons. The molecule has 0 spiro atoms. The smallest absolute Gasteiger partial charge is 0.213 e. The van der Waals surface area contributed by atoms with Gasteiger partial charge in [0.1, 0.15) is 9.81 Å². The maximum atomic E-state index is 12.1. The third kappa shape index (κ3) is 2.06. The number of ketones is 2. The van der Waals surface area contributed by atoms with Crippen molar-refractivity contribution < 1.29 is 18.0 Å². The van der Waals surface area contributed by atoms with Crippen LogP contribution in [-0.2, 0) is 19.4 Å². The molecule has 5 heteroatoms. The molecule has 0 N–H and O–H groups in total. The highest BCUT2D eigenvalue weighted by molar-refractivity contribution is 8.00. The van der Waals surface area contributed by atoms with Crippen LogP contribution < -0.4 is 0 Å². The zero-order valence-corrected chi connectivity index (χ0v) is 9.74. The van der Waals surface area contributed by atoms with Crippen LogP contribution in [0.15, 0.2) is 46.3 Å². The van der Waals surface area contributed by atoms with Crippen molar-refractivity contribution in [3.8, 4) is 0 Å². The maximum absolute atomic E-state index is 12.1. The minimum Gasteiger partial charge on any atom is -0.293 e. The predicted octanol–water partition coefficient (Wildman–Crippen LogP) is 1.23. The number of rotatable bonds is 2. The van der Waals surface area contributed by atoms with Crippen LogP contribution in [0.25, 0.3) is 0 Å². The summed E-state index contributed by atoms with van der Waals surface area (Å²) in [5.74, 6) is -0.952. The second-order valence-electron chi connectivity index (χ2n) is 3.68. The van der Waals surface area contributed by atoms with E-state index in [-0.39, 0.29) is 22.7 Å². The number of hydrogen-bond acceptors (Lipinski definition) is 4. The number of carbonyl (C=O) groups excluding carboxylic acids is 2. The van der Waals surface area contributed by atoms with Crippen LogP contribution in [0.2, 0.25) is 0 Å². The van der Waals surface area contributed by atoms with Crippen molar-refractivity contribution in [2.45, 2.75) is 12.8 Å². The van der Waals surface area contributed by atoms with Crippen molar-refractivity contribution in [2.24, 2.45) is 0 Å². The molecule has 2 aliphatic rings. The molecule has 4 nitrogen and oxygen atoms in total. The fourth-order valence-electron chi connectivity index (χ4n) is 1.65. The number of allylic oxidation sites excluding steroid dienone is 8. The zero-order chi connectivity index (χ0) is 12.5. The molecule has 0 aromatic heterocycles. The third-order valence-corrected chi connectivity index (χ3v) is 4.39. The first-order valence-corrected chi connectivity index (χ1v) is 6.57. The summed E-state index contributed by atoms with van der Waals surface area (Å²) in [6.45, 7) is 0. The Hall–Kier alpha value is -1.75. The van der Waals surface area contributed by atoms with Crippen LogP contribution in [0, 0.1) is 0 Å². The number of hydrogen-bond donors (Lipinski definition) is 0. The fourth-order valence-corrected chi connectivity index (χ4v) is 3.16. The average molecular weight is 250 g/mol. The van der Waals surface area contributed by atoms with Gasteiger partial charge in [-0.1, -0.05) is 24.3 Å². The minimum absolute atomic E-state index is 0.0579. The van der Waals surface area contributed by atoms with Gasteiger partial charge in [0, 0.05) is 12.8 Å². The molecular formula is C12H10O4S. The lowest BCUT2D eigenvalue weighted by molar-refractivity contribution is -0.114. The lowest BCUT2D eigenvalue weighted by Crippen LogP contribution is -2.21. The Morgan fingerprint density at radius 3 is 1.59 bits per heavy atom. The molecular weight excluding hydrogens is 240 g/mol. The molecule has 0 aliphatic heterocycles. The first-order valence-electron chi connectivity index (χ1n) is 5.08. The van der Waals surface area contributed by atoms with E-state index in [0.29, 0.717) is 0 Å². The molecule has 0 fully saturated rings. The molecule has 2 rings (SSSR count). The molecule has 0 unspecified atom stereocenters. The van der Waals surface area contributed by atoms with E-state index in [1.165, 1.54) is 24.3 Å². The monoisotopic (exact) mass is 250 g/mol. The SMILES string of the molecule is O=C1CC=CC=C1S(=O)(=O)C1=CC=CCC1=O. The van der Waals surface area contributed by atoms with Gasteiger partial charge in [-0.2, -0.15) is 0 Å². The molecule has 0 heterocycles. The van der Waals surface area contributed by atoms with E-state index in [1.807, 2.05) is 0 Å². The molecule has 0 aromatic carbocycles. The Morgan fingerprint density at radius 2 is 1.24 bits per heavy atom. The minimum atomic E-state index is -3.96. The summed E-state index contributed by atoms with van der Waals surface area (Å²) >= 11 is 0. The van der Waals surface area contributed by atoms with Crippen LogP contribution in [0.5, 0.6) is 0 Å². The maximum Gasteiger partial charge on any atom is 0.213 e. The Kier molecular flexibility index (Phi) is 2.93. The molecule has 0 saturated heterocycles. The predicted molar refractivity (Wildman–Crippen MR) is 62.6 cm³/mol. The second-order valence-corrected chi connectivity index (χ2v) is 5.56. The van der Waals surface area contributed by atoms with Crippen molar-refractivity contribution in [3.05, 3.63) is 46.3 Å². The van der Waals surface area contributed by atoms with Crippen molar-refractivity contribution >= 4 is 21.4 Å². The lowest BCUT2D eigenvalue weighted by atomic mass is 10.2. The summed E-state index contributed by atoms with van der Waals surface area (Å²) in [5.41, 5.74) is 0. The first kappa shape index (κ1) is 11.7. The van der Waals surface area contributed by atoms with Crippen LogP contribution in [0.3, 0.4) is 0 Å². The molecule has 0 atom stereocenters. The molecule has 17 heavy (non-hydrogen) atoms. The summed E-state index contributed by atoms with van der Waals surface area (Å²) < 4.78 is 24.2. The van der Waals surface area contributed by atoms with Crippen molar-refractivity contribution in [2.75, 3.05) is 0 Å². The largest absolute Gasteiger partial charge is 0.293 e. The van der Waals surface area contributed by atoms with Gasteiger partial charge in [-0.3, -0.25) is 9.59 Å². The summed E-state index contributed by atoms with van der Waals surface area (Å²) in [7, 11) is -3.96. The standard InChI is InChI=1S/C12H10O4S/c13-9-5-1-3-7-11(9)17(15,16)12-8-4-2-6-10(12)14/h1-4,7-8H,5-6H2. The summed E-state index contributed by atoms with van der Waals surface area (Å²) in [6, 6.07) is 0. The molecule has 0 amide bonds. The van der Waals surface area contributed by atoms with E-state index in [4.69, 9.17) is 0 Å². The van der Waals surface area contributed by atoms with Gasteiger partial charge in [0.15, 0.2) is 11.6 Å². The molecule has 0 saturated carbocycles. The highest BCUT2D eigenvalue weighted by Crippen LogP contribution is 2.25. The fraction of sp³-hybridized carbons (Fsp3) is 0.167. The Bertz CT molecular complexity index is 552. The van der Waals surface area contributed by atoms with Gasteiger partial charge in [0.25, 0.3) is 0 Å². The van der Waals surface area contributed by atoms with Crippen LogP contribution >= 0.6 is 0 Å². The van der Waals surface area contributed by atoms with E-state index in [1.54, 1.807) is 12.2 Å². The topological polar surface area (TPSA) is 68.3 Å². The first-order chi connectivity index (χ1) is 8.03. The highest BCUT2D eigenvalue weighted by atomic mass is 32.2. The second kappa shape index (κ2) is 4.25. The van der Waals surface area contributed by atoms with Crippen LogP contribution in [0.4, 0.5) is 0 Å². The van der Waals surface area contributed by atoms with E-state index in [2.05, 4.69) is 0 Å². The summed E-state index contributed by atoms with van der Waals surface area (Å²) in [6.07, 6.45) is 8.79. The molecule has 88 valence electrons. The van der Waals surface area contributed by atoms with E-state index < -0.39 is 21.4 Å². The quantitative estimate of drug-likeness (QED) is 0.739. The Labute approximate surface area is 98.9 Å². The average Bonchev–Trinajstić information content (AvgIpc) is 2.29. The van der Waals surface area contributed by atoms with E-state index in [9.17, 15) is 18.0 Å². The van der Waals surface area contributed by atoms with Crippen LogP contribution in [0.1, 0.15) is 12.8 Å².